The molecule has 3 aromatic rings. The van der Waals surface area contributed by atoms with E-state index in [2.05, 4.69) is 20.7 Å². The number of carbonyl (C=O) groups excluding carboxylic acids is 1. The van der Waals surface area contributed by atoms with Crippen molar-refractivity contribution in [1.29, 1.82) is 0 Å². The van der Waals surface area contributed by atoms with Crippen molar-refractivity contribution in [2.75, 3.05) is 0 Å². The summed E-state index contributed by atoms with van der Waals surface area (Å²) in [7, 11) is -4.00. The molecule has 0 saturated carbocycles. The van der Waals surface area contributed by atoms with E-state index in [0.29, 0.717) is 21.3 Å². The molecule has 28 heavy (non-hydrogen) atoms. The Balaban J connectivity index is 1.94. The molecule has 0 atom stereocenters. The summed E-state index contributed by atoms with van der Waals surface area (Å²) in [5.41, 5.74) is 2.69. The van der Waals surface area contributed by atoms with Gasteiger partial charge in [-0.15, -0.1) is 11.3 Å². The fraction of sp³-hybridized carbons (Fsp3) is 0.105. The summed E-state index contributed by atoms with van der Waals surface area (Å²) in [6, 6.07) is 13.5. The van der Waals surface area contributed by atoms with Gasteiger partial charge in [0, 0.05) is 15.1 Å². The zero-order valence-electron chi connectivity index (χ0n) is 14.5. The summed E-state index contributed by atoms with van der Waals surface area (Å²) in [6.07, 6.45) is 0.395. The summed E-state index contributed by atoms with van der Waals surface area (Å²) in [6.45, 7) is 1.87. The highest BCUT2D eigenvalue weighted by Gasteiger charge is 2.23. The molecule has 0 aliphatic heterocycles. The quantitative estimate of drug-likeness (QED) is 0.461. The molecule has 0 bridgehead atoms. The minimum Gasteiger partial charge on any atom is -0.268 e. The Hall–Kier alpha value is -1.38. The number of amides is 1. The lowest BCUT2D eigenvalue weighted by Crippen LogP contribution is -2.31. The van der Waals surface area contributed by atoms with Crippen LogP contribution in [0.4, 0.5) is 0 Å². The fourth-order valence-corrected chi connectivity index (χ4v) is 5.86. The van der Waals surface area contributed by atoms with Gasteiger partial charge < -0.3 is 0 Å². The number of carbonyl (C=O) groups is 1. The van der Waals surface area contributed by atoms with Gasteiger partial charge in [-0.05, 0) is 60.4 Å². The highest BCUT2D eigenvalue weighted by molar-refractivity contribution is 9.10. The zero-order valence-corrected chi connectivity index (χ0v) is 19.2. The lowest BCUT2D eigenvalue weighted by Gasteiger charge is -2.14. The largest absolute Gasteiger partial charge is 0.273 e. The first-order chi connectivity index (χ1) is 13.2. The number of aryl methyl sites for hydroxylation is 1. The molecular weight excluding hydrogens is 505 g/mol. The standard InChI is InChI=1S/C19H14BrCl2NO3S2/c1-11-3-2-4-14(15(11)9-12-5-6-13(20)10-16(12)21)19(24)23-28(25,26)18-8-7-17(22)27-18/h2-8,10H,9H2,1H3,(H,23,24). The van der Waals surface area contributed by atoms with Crippen LogP contribution in [0.25, 0.3) is 0 Å². The first-order valence-corrected chi connectivity index (χ1v) is 11.9. The van der Waals surface area contributed by atoms with Crippen molar-refractivity contribution in [2.45, 2.75) is 17.6 Å². The smallest absolute Gasteiger partial charge is 0.268 e. The van der Waals surface area contributed by atoms with Gasteiger partial charge in [0.15, 0.2) is 0 Å². The van der Waals surface area contributed by atoms with Gasteiger partial charge in [0.2, 0.25) is 0 Å². The van der Waals surface area contributed by atoms with Crippen molar-refractivity contribution in [3.05, 3.63) is 84.6 Å². The van der Waals surface area contributed by atoms with Crippen molar-refractivity contribution < 1.29 is 13.2 Å². The molecule has 1 heterocycles. The van der Waals surface area contributed by atoms with E-state index in [9.17, 15) is 13.2 Å². The number of nitrogens with one attached hydrogen (secondary N) is 1. The highest BCUT2D eigenvalue weighted by atomic mass is 79.9. The second-order valence-corrected chi connectivity index (χ2v) is 11.0. The topological polar surface area (TPSA) is 63.2 Å². The second kappa shape index (κ2) is 8.55. The van der Waals surface area contributed by atoms with Crippen molar-refractivity contribution >= 4 is 66.4 Å². The number of rotatable bonds is 5. The molecule has 9 heteroatoms. The van der Waals surface area contributed by atoms with E-state index in [-0.39, 0.29) is 9.77 Å². The van der Waals surface area contributed by atoms with Crippen LogP contribution in [0.1, 0.15) is 27.0 Å². The van der Waals surface area contributed by atoms with E-state index in [1.807, 2.05) is 25.1 Å². The van der Waals surface area contributed by atoms with E-state index in [1.54, 1.807) is 18.2 Å². The Morgan fingerprint density at radius 2 is 1.89 bits per heavy atom. The Morgan fingerprint density at radius 3 is 2.54 bits per heavy atom. The third-order valence-corrected chi connectivity index (χ3v) is 7.98. The lowest BCUT2D eigenvalue weighted by atomic mass is 9.95. The van der Waals surface area contributed by atoms with E-state index in [1.165, 1.54) is 12.1 Å². The maximum absolute atomic E-state index is 12.8. The zero-order chi connectivity index (χ0) is 20.5. The molecule has 0 radical (unpaired) electrons. The number of halogens is 3. The van der Waals surface area contributed by atoms with Gasteiger partial charge in [0.1, 0.15) is 4.21 Å². The molecular formula is C19H14BrCl2NO3S2. The maximum Gasteiger partial charge on any atom is 0.273 e. The molecule has 1 aromatic heterocycles. The molecule has 0 saturated heterocycles. The predicted octanol–water partition coefficient (Wildman–Crippen LogP) is 5.84. The Kier molecular flexibility index (Phi) is 6.51. The third-order valence-electron chi connectivity index (χ3n) is 4.08. The van der Waals surface area contributed by atoms with Gasteiger partial charge in [0.25, 0.3) is 15.9 Å². The number of thiophene rings is 1. The normalized spacial score (nSPS) is 11.4. The van der Waals surface area contributed by atoms with Gasteiger partial charge >= 0.3 is 0 Å². The monoisotopic (exact) mass is 517 g/mol. The van der Waals surface area contributed by atoms with Gasteiger partial charge in [-0.1, -0.05) is 57.3 Å². The van der Waals surface area contributed by atoms with E-state index >= 15 is 0 Å². The van der Waals surface area contributed by atoms with Crippen molar-refractivity contribution in [3.8, 4) is 0 Å². The van der Waals surface area contributed by atoms with Crippen LogP contribution in [0.2, 0.25) is 9.36 Å². The molecule has 1 amide bonds. The second-order valence-electron chi connectivity index (χ2n) is 6.01. The van der Waals surface area contributed by atoms with Crippen molar-refractivity contribution in [1.82, 2.24) is 4.72 Å². The molecule has 0 spiro atoms. The Labute approximate surface area is 185 Å². The molecule has 1 N–H and O–H groups in total. The summed E-state index contributed by atoms with van der Waals surface area (Å²) in [5.74, 6) is -0.698. The van der Waals surface area contributed by atoms with E-state index < -0.39 is 15.9 Å². The highest BCUT2D eigenvalue weighted by Crippen LogP contribution is 2.28. The van der Waals surface area contributed by atoms with Crippen LogP contribution in [-0.4, -0.2) is 14.3 Å². The summed E-state index contributed by atoms with van der Waals surface area (Å²) >= 11 is 16.4. The molecule has 0 aliphatic rings. The summed E-state index contributed by atoms with van der Waals surface area (Å²) in [5, 5.41) is 0.560. The molecule has 0 fully saturated rings. The van der Waals surface area contributed by atoms with Crippen LogP contribution < -0.4 is 4.72 Å². The Bertz CT molecular complexity index is 1160. The number of benzene rings is 2. The van der Waals surface area contributed by atoms with E-state index in [0.717, 1.165) is 26.9 Å². The van der Waals surface area contributed by atoms with Crippen LogP contribution in [0, 0.1) is 6.92 Å². The molecule has 0 aliphatic carbocycles. The molecule has 2 aromatic carbocycles. The molecule has 4 nitrogen and oxygen atoms in total. The number of hydrogen-bond acceptors (Lipinski definition) is 4. The first kappa shape index (κ1) is 21.3. The minimum atomic E-state index is -4.00. The summed E-state index contributed by atoms with van der Waals surface area (Å²) in [4.78, 5) is 12.8. The SMILES string of the molecule is Cc1cccc(C(=O)NS(=O)(=O)c2ccc(Cl)s2)c1Cc1ccc(Br)cc1Cl. The van der Waals surface area contributed by atoms with Gasteiger partial charge in [-0.25, -0.2) is 13.1 Å². The van der Waals surface area contributed by atoms with Crippen LogP contribution in [0.15, 0.2) is 57.2 Å². The predicted molar refractivity (Wildman–Crippen MR) is 117 cm³/mol. The molecule has 0 unspecified atom stereocenters. The van der Waals surface area contributed by atoms with E-state index in [4.69, 9.17) is 23.2 Å². The van der Waals surface area contributed by atoms with Crippen LogP contribution in [0.3, 0.4) is 0 Å². The number of sulfonamides is 1. The van der Waals surface area contributed by atoms with Gasteiger partial charge in [0.05, 0.1) is 4.34 Å². The van der Waals surface area contributed by atoms with Crippen LogP contribution in [-0.2, 0) is 16.4 Å². The first-order valence-electron chi connectivity index (χ1n) is 8.02. The molecule has 3 rings (SSSR count). The summed E-state index contributed by atoms with van der Waals surface area (Å²) < 4.78 is 28.2. The van der Waals surface area contributed by atoms with Crippen molar-refractivity contribution in [3.63, 3.8) is 0 Å². The fourth-order valence-electron chi connectivity index (χ4n) is 2.67. The van der Waals surface area contributed by atoms with Crippen LogP contribution in [0.5, 0.6) is 0 Å². The molecule has 146 valence electrons. The maximum atomic E-state index is 12.8. The average Bonchev–Trinajstić information content (AvgIpc) is 3.05. The third kappa shape index (κ3) is 4.78. The average molecular weight is 519 g/mol. The Morgan fingerprint density at radius 1 is 1.14 bits per heavy atom. The van der Waals surface area contributed by atoms with Crippen molar-refractivity contribution in [2.24, 2.45) is 0 Å². The minimum absolute atomic E-state index is 0.0176. The number of hydrogen-bond donors (Lipinski definition) is 1. The van der Waals surface area contributed by atoms with Gasteiger partial charge in [-0.2, -0.15) is 0 Å². The van der Waals surface area contributed by atoms with Gasteiger partial charge in [-0.3, -0.25) is 4.79 Å². The van der Waals surface area contributed by atoms with Crippen LogP contribution >= 0.6 is 50.5 Å². The lowest BCUT2D eigenvalue weighted by molar-refractivity contribution is 0.0980.